The summed E-state index contributed by atoms with van der Waals surface area (Å²) in [6.45, 7) is 3.68. The molecule has 3 aromatic rings. The molecule has 4 N–H and O–H groups in total. The molecule has 0 unspecified atom stereocenters. The zero-order valence-corrected chi connectivity index (χ0v) is 24.5. The van der Waals surface area contributed by atoms with E-state index in [0.717, 1.165) is 31.1 Å². The van der Waals surface area contributed by atoms with Crippen LogP contribution in [0.15, 0.2) is 51.8 Å². The standard InChI is InChI=1S/C31H37N5O7/c1-18-10-12-20(13-11-18)33-26(38)17-36-16-6-8-23(31(36)42)35-28(39)22(14-15-24(37)29(40)32-3)34-30(41)27-19(2)21-7-4-5-9-25(21)43-27/h4-9,16,18,20,22H,10-15,17H2,1-3H3,(H,32,40)(H,33,38)(H,34,41)(H,35,39)/t18?,20?,22-/m0/s1. The van der Waals surface area contributed by atoms with Crippen LogP contribution in [0.3, 0.4) is 0 Å². The van der Waals surface area contributed by atoms with Gasteiger partial charge < -0.3 is 30.3 Å². The first-order valence-corrected chi connectivity index (χ1v) is 14.4. The van der Waals surface area contributed by atoms with Gasteiger partial charge in [-0.25, -0.2) is 0 Å². The number of rotatable bonds is 11. The maximum atomic E-state index is 13.4. The molecule has 1 fully saturated rings. The predicted octanol–water partition coefficient (Wildman–Crippen LogP) is 2.43. The van der Waals surface area contributed by atoms with Crippen molar-refractivity contribution >= 4 is 46.1 Å². The first-order valence-electron chi connectivity index (χ1n) is 14.4. The molecule has 228 valence electrons. The van der Waals surface area contributed by atoms with E-state index in [1.807, 2.05) is 0 Å². The molecule has 0 radical (unpaired) electrons. The second-order valence-corrected chi connectivity index (χ2v) is 11.0. The molecule has 1 atom stereocenters. The minimum absolute atomic E-state index is 0.00266. The van der Waals surface area contributed by atoms with Gasteiger partial charge in [-0.1, -0.05) is 25.1 Å². The number of likely N-dealkylation sites (N-methyl/N-ethyl adjacent to an activating group) is 1. The van der Waals surface area contributed by atoms with Crippen LogP contribution in [0.1, 0.15) is 61.6 Å². The lowest BCUT2D eigenvalue weighted by atomic mass is 9.87. The summed E-state index contributed by atoms with van der Waals surface area (Å²) >= 11 is 0. The first kappa shape index (κ1) is 31.2. The number of furan rings is 1. The molecular weight excluding hydrogens is 554 g/mol. The number of hydrogen-bond donors (Lipinski definition) is 4. The van der Waals surface area contributed by atoms with Crippen LogP contribution in [0.2, 0.25) is 0 Å². The van der Waals surface area contributed by atoms with Gasteiger partial charge in [0.2, 0.25) is 17.6 Å². The second-order valence-electron chi connectivity index (χ2n) is 11.0. The number of ketones is 1. The van der Waals surface area contributed by atoms with Gasteiger partial charge in [0, 0.05) is 36.7 Å². The van der Waals surface area contributed by atoms with E-state index in [2.05, 4.69) is 28.2 Å². The average molecular weight is 592 g/mol. The van der Waals surface area contributed by atoms with E-state index in [1.165, 1.54) is 29.9 Å². The summed E-state index contributed by atoms with van der Waals surface area (Å²) in [7, 11) is 1.31. The maximum absolute atomic E-state index is 13.4. The van der Waals surface area contributed by atoms with Crippen molar-refractivity contribution < 1.29 is 28.4 Å². The molecule has 0 bridgehead atoms. The Labute approximate surface area is 248 Å². The van der Waals surface area contributed by atoms with E-state index in [9.17, 15) is 28.8 Å². The molecule has 2 aromatic heterocycles. The van der Waals surface area contributed by atoms with Gasteiger partial charge in [0.25, 0.3) is 17.4 Å². The first-order chi connectivity index (χ1) is 20.6. The molecule has 1 aliphatic rings. The van der Waals surface area contributed by atoms with Crippen LogP contribution >= 0.6 is 0 Å². The molecule has 1 aromatic carbocycles. The molecule has 0 aliphatic heterocycles. The Morgan fingerprint density at radius 1 is 1.02 bits per heavy atom. The summed E-state index contributed by atoms with van der Waals surface area (Å²) in [5.74, 6) is -2.74. The maximum Gasteiger partial charge on any atom is 0.287 e. The molecule has 0 saturated heterocycles. The Balaban J connectivity index is 1.48. The van der Waals surface area contributed by atoms with E-state index in [4.69, 9.17) is 4.42 Å². The van der Waals surface area contributed by atoms with Crippen molar-refractivity contribution in [3.63, 3.8) is 0 Å². The Kier molecular flexibility index (Phi) is 10.1. The number of pyridine rings is 1. The number of benzene rings is 1. The molecule has 12 heteroatoms. The topological polar surface area (TPSA) is 169 Å². The molecule has 0 spiro atoms. The molecule has 2 heterocycles. The number of Topliss-reactive ketones (excluding diaryl/α,β-unsaturated/α-hetero) is 1. The van der Waals surface area contributed by atoms with Gasteiger partial charge >= 0.3 is 0 Å². The summed E-state index contributed by atoms with van der Waals surface area (Å²) in [5, 5.41) is 11.0. The van der Waals surface area contributed by atoms with Crippen molar-refractivity contribution in [2.24, 2.45) is 5.92 Å². The van der Waals surface area contributed by atoms with Crippen molar-refractivity contribution in [2.75, 3.05) is 12.4 Å². The summed E-state index contributed by atoms with van der Waals surface area (Å²) in [5.41, 5.74) is 0.347. The summed E-state index contributed by atoms with van der Waals surface area (Å²) in [6, 6.07) is 8.76. The van der Waals surface area contributed by atoms with Crippen molar-refractivity contribution in [3.8, 4) is 0 Å². The fourth-order valence-corrected chi connectivity index (χ4v) is 5.22. The monoisotopic (exact) mass is 591 g/mol. The van der Waals surface area contributed by atoms with E-state index in [0.29, 0.717) is 17.1 Å². The molecular formula is C31H37N5O7. The Bertz CT molecular complexity index is 1580. The van der Waals surface area contributed by atoms with Gasteiger partial charge in [-0.05, 0) is 63.1 Å². The number of carbonyl (C=O) groups excluding carboxylic acids is 5. The van der Waals surface area contributed by atoms with Crippen LogP contribution in [0.5, 0.6) is 0 Å². The zero-order valence-electron chi connectivity index (χ0n) is 24.5. The van der Waals surface area contributed by atoms with Crippen molar-refractivity contribution in [2.45, 2.75) is 71.0 Å². The summed E-state index contributed by atoms with van der Waals surface area (Å²) in [6.07, 6.45) is 4.75. The normalized spacial score (nSPS) is 17.1. The lowest BCUT2D eigenvalue weighted by molar-refractivity contribution is -0.137. The number of hydrogen-bond acceptors (Lipinski definition) is 7. The van der Waals surface area contributed by atoms with Crippen molar-refractivity contribution in [3.05, 3.63) is 64.3 Å². The van der Waals surface area contributed by atoms with Crippen molar-refractivity contribution in [1.29, 1.82) is 0 Å². The van der Waals surface area contributed by atoms with E-state index in [-0.39, 0.29) is 42.8 Å². The lowest BCUT2D eigenvalue weighted by Crippen LogP contribution is -2.45. The molecule has 43 heavy (non-hydrogen) atoms. The SMILES string of the molecule is CNC(=O)C(=O)CC[C@H](NC(=O)c1oc2ccccc2c1C)C(=O)Nc1cccn(CC(=O)NC2CCC(C)CC2)c1=O. The van der Waals surface area contributed by atoms with Crippen LogP contribution in [0.25, 0.3) is 11.0 Å². The minimum atomic E-state index is -1.29. The minimum Gasteiger partial charge on any atom is -0.451 e. The van der Waals surface area contributed by atoms with Crippen LogP contribution in [-0.2, 0) is 25.7 Å². The molecule has 1 saturated carbocycles. The average Bonchev–Trinajstić information content (AvgIpc) is 3.34. The van der Waals surface area contributed by atoms with E-state index in [1.54, 1.807) is 31.2 Å². The smallest absolute Gasteiger partial charge is 0.287 e. The fourth-order valence-electron chi connectivity index (χ4n) is 5.22. The van der Waals surface area contributed by atoms with E-state index < -0.39 is 35.1 Å². The highest BCUT2D eigenvalue weighted by Crippen LogP contribution is 2.25. The third kappa shape index (κ3) is 7.76. The van der Waals surface area contributed by atoms with Gasteiger partial charge in [0.15, 0.2) is 5.76 Å². The Morgan fingerprint density at radius 3 is 2.44 bits per heavy atom. The van der Waals surface area contributed by atoms with Crippen LogP contribution in [0, 0.1) is 12.8 Å². The third-order valence-electron chi connectivity index (χ3n) is 7.79. The molecule has 12 nitrogen and oxygen atoms in total. The van der Waals surface area contributed by atoms with Gasteiger partial charge in [0.1, 0.15) is 23.9 Å². The third-order valence-corrected chi connectivity index (χ3v) is 7.79. The predicted molar refractivity (Wildman–Crippen MR) is 159 cm³/mol. The van der Waals surface area contributed by atoms with Crippen molar-refractivity contribution in [1.82, 2.24) is 20.5 Å². The van der Waals surface area contributed by atoms with Gasteiger partial charge in [0.05, 0.1) is 0 Å². The highest BCUT2D eigenvalue weighted by atomic mass is 16.3. The second kappa shape index (κ2) is 14.0. The van der Waals surface area contributed by atoms with Crippen LogP contribution < -0.4 is 26.8 Å². The number of aromatic nitrogens is 1. The quantitative estimate of drug-likeness (QED) is 0.248. The van der Waals surface area contributed by atoms with Gasteiger partial charge in [-0.15, -0.1) is 0 Å². The number of aryl methyl sites for hydroxylation is 1. The summed E-state index contributed by atoms with van der Waals surface area (Å²) in [4.78, 5) is 76.3. The number of nitrogens with zero attached hydrogens (tertiary/aromatic N) is 1. The lowest BCUT2D eigenvalue weighted by Gasteiger charge is -2.27. The van der Waals surface area contributed by atoms with Gasteiger partial charge in [-0.3, -0.25) is 28.8 Å². The number of amides is 4. The number of nitrogens with one attached hydrogen (secondary N) is 4. The summed E-state index contributed by atoms with van der Waals surface area (Å²) < 4.78 is 6.90. The largest absolute Gasteiger partial charge is 0.451 e. The Hall–Kier alpha value is -4.74. The number of anilines is 1. The highest BCUT2D eigenvalue weighted by Gasteiger charge is 2.27. The number of para-hydroxylation sites is 1. The van der Waals surface area contributed by atoms with Gasteiger partial charge in [-0.2, -0.15) is 0 Å². The molecule has 4 rings (SSSR count). The number of carbonyl (C=O) groups is 5. The van der Waals surface area contributed by atoms with Crippen LogP contribution in [-0.4, -0.2) is 53.1 Å². The molecule has 1 aliphatic carbocycles. The van der Waals surface area contributed by atoms with Crippen LogP contribution in [0.4, 0.5) is 5.69 Å². The fraction of sp³-hybridized carbons (Fsp3) is 0.419. The highest BCUT2D eigenvalue weighted by molar-refractivity contribution is 6.36. The zero-order chi connectivity index (χ0) is 31.1. The molecule has 4 amide bonds. The number of fused-ring (bicyclic) bond motifs is 1. The van der Waals surface area contributed by atoms with E-state index >= 15 is 0 Å². The Morgan fingerprint density at radius 2 is 1.74 bits per heavy atom.